The standard InChI is InChI=1S/C17H21N3O/c1-12(2)20(11-14-7-5-8-15(18)10-14)17(21)16-9-4-6-13(3)19-16/h4-10,12H,11,18H2,1-3H3. The van der Waals surface area contributed by atoms with E-state index in [1.54, 1.807) is 11.0 Å². The van der Waals surface area contributed by atoms with Gasteiger partial charge in [-0.1, -0.05) is 18.2 Å². The average molecular weight is 283 g/mol. The van der Waals surface area contributed by atoms with Crippen LogP contribution in [0.2, 0.25) is 0 Å². The Morgan fingerprint density at radius 1 is 1.24 bits per heavy atom. The first-order valence-corrected chi connectivity index (χ1v) is 7.06. The van der Waals surface area contributed by atoms with E-state index in [9.17, 15) is 4.79 Å². The fraction of sp³-hybridized carbons (Fsp3) is 0.294. The van der Waals surface area contributed by atoms with E-state index in [0.717, 1.165) is 11.3 Å². The molecule has 2 aromatic rings. The molecule has 0 unspecified atom stereocenters. The number of carbonyl (C=O) groups excluding carboxylic acids is 1. The summed E-state index contributed by atoms with van der Waals surface area (Å²) in [6.45, 7) is 6.41. The third-order valence-electron chi connectivity index (χ3n) is 3.30. The number of aryl methyl sites for hydroxylation is 1. The highest BCUT2D eigenvalue weighted by molar-refractivity contribution is 5.92. The van der Waals surface area contributed by atoms with Gasteiger partial charge in [0.25, 0.3) is 5.91 Å². The molecule has 21 heavy (non-hydrogen) atoms. The number of rotatable bonds is 4. The van der Waals surface area contributed by atoms with Crippen LogP contribution >= 0.6 is 0 Å². The molecule has 1 aromatic heterocycles. The van der Waals surface area contributed by atoms with Gasteiger partial charge in [-0.05, 0) is 50.6 Å². The van der Waals surface area contributed by atoms with Crippen molar-refractivity contribution in [2.45, 2.75) is 33.4 Å². The minimum atomic E-state index is -0.0591. The molecule has 0 saturated heterocycles. The van der Waals surface area contributed by atoms with Crippen LogP contribution in [0.4, 0.5) is 5.69 Å². The van der Waals surface area contributed by atoms with Crippen molar-refractivity contribution in [3.63, 3.8) is 0 Å². The molecule has 4 nitrogen and oxygen atoms in total. The Kier molecular flexibility index (Phi) is 4.58. The van der Waals surface area contributed by atoms with Crippen LogP contribution in [0.3, 0.4) is 0 Å². The van der Waals surface area contributed by atoms with E-state index < -0.39 is 0 Å². The quantitative estimate of drug-likeness (QED) is 0.877. The van der Waals surface area contributed by atoms with Crippen LogP contribution in [0, 0.1) is 6.92 Å². The topological polar surface area (TPSA) is 59.2 Å². The minimum Gasteiger partial charge on any atom is -0.399 e. The van der Waals surface area contributed by atoms with E-state index in [-0.39, 0.29) is 11.9 Å². The lowest BCUT2D eigenvalue weighted by molar-refractivity contribution is 0.0684. The van der Waals surface area contributed by atoms with Crippen molar-refractivity contribution in [1.82, 2.24) is 9.88 Å². The summed E-state index contributed by atoms with van der Waals surface area (Å²) >= 11 is 0. The van der Waals surface area contributed by atoms with Crippen LogP contribution in [0.5, 0.6) is 0 Å². The lowest BCUT2D eigenvalue weighted by Gasteiger charge is -2.26. The largest absolute Gasteiger partial charge is 0.399 e. The molecule has 0 saturated carbocycles. The molecule has 0 aliphatic heterocycles. The number of aromatic nitrogens is 1. The van der Waals surface area contributed by atoms with Crippen LogP contribution in [0.1, 0.15) is 35.6 Å². The van der Waals surface area contributed by atoms with Gasteiger partial charge in [0.2, 0.25) is 0 Å². The maximum absolute atomic E-state index is 12.7. The summed E-state index contributed by atoms with van der Waals surface area (Å²) in [5, 5.41) is 0. The van der Waals surface area contributed by atoms with E-state index >= 15 is 0 Å². The zero-order valence-corrected chi connectivity index (χ0v) is 12.7. The maximum atomic E-state index is 12.7. The zero-order valence-electron chi connectivity index (χ0n) is 12.7. The molecule has 0 atom stereocenters. The Bertz CT molecular complexity index is 637. The Hall–Kier alpha value is -2.36. The molecular formula is C17H21N3O. The first-order chi connectivity index (χ1) is 9.97. The molecule has 0 bridgehead atoms. The van der Waals surface area contributed by atoms with Gasteiger partial charge in [-0.25, -0.2) is 4.98 Å². The highest BCUT2D eigenvalue weighted by Gasteiger charge is 2.20. The summed E-state index contributed by atoms with van der Waals surface area (Å²) in [6.07, 6.45) is 0. The summed E-state index contributed by atoms with van der Waals surface area (Å²) in [5.74, 6) is -0.0591. The van der Waals surface area contributed by atoms with Gasteiger partial charge in [0.05, 0.1) is 0 Å². The van der Waals surface area contributed by atoms with Crippen LogP contribution in [-0.4, -0.2) is 21.8 Å². The minimum absolute atomic E-state index is 0.0591. The lowest BCUT2D eigenvalue weighted by Crippen LogP contribution is -2.36. The number of amides is 1. The normalized spacial score (nSPS) is 10.7. The lowest BCUT2D eigenvalue weighted by atomic mass is 10.1. The predicted molar refractivity (Wildman–Crippen MR) is 84.8 cm³/mol. The molecule has 0 radical (unpaired) electrons. The number of benzene rings is 1. The Balaban J connectivity index is 2.25. The molecule has 2 N–H and O–H groups in total. The van der Waals surface area contributed by atoms with Crippen molar-refractivity contribution in [2.24, 2.45) is 0 Å². The molecule has 4 heteroatoms. The van der Waals surface area contributed by atoms with Gasteiger partial charge in [-0.15, -0.1) is 0 Å². The van der Waals surface area contributed by atoms with Crippen LogP contribution in [0.15, 0.2) is 42.5 Å². The second-order valence-corrected chi connectivity index (χ2v) is 5.44. The van der Waals surface area contributed by atoms with Crippen molar-refractivity contribution in [3.05, 3.63) is 59.4 Å². The maximum Gasteiger partial charge on any atom is 0.272 e. The first kappa shape index (κ1) is 15.0. The molecule has 110 valence electrons. The van der Waals surface area contributed by atoms with Crippen molar-refractivity contribution >= 4 is 11.6 Å². The highest BCUT2D eigenvalue weighted by atomic mass is 16.2. The van der Waals surface area contributed by atoms with Gasteiger partial charge >= 0.3 is 0 Å². The van der Waals surface area contributed by atoms with Gasteiger partial charge in [0.15, 0.2) is 0 Å². The van der Waals surface area contributed by atoms with Crippen molar-refractivity contribution < 1.29 is 4.79 Å². The third kappa shape index (κ3) is 3.81. The van der Waals surface area contributed by atoms with Gasteiger partial charge in [0, 0.05) is 24.0 Å². The number of nitrogen functional groups attached to an aromatic ring is 1. The van der Waals surface area contributed by atoms with E-state index in [0.29, 0.717) is 17.9 Å². The van der Waals surface area contributed by atoms with E-state index in [2.05, 4.69) is 4.98 Å². The fourth-order valence-electron chi connectivity index (χ4n) is 2.19. The number of nitrogens with zero attached hydrogens (tertiary/aromatic N) is 2. The molecule has 0 fully saturated rings. The third-order valence-corrected chi connectivity index (χ3v) is 3.30. The molecular weight excluding hydrogens is 262 g/mol. The molecule has 1 aromatic carbocycles. The van der Waals surface area contributed by atoms with E-state index in [1.807, 2.05) is 57.2 Å². The summed E-state index contributed by atoms with van der Waals surface area (Å²) < 4.78 is 0. The van der Waals surface area contributed by atoms with Crippen LogP contribution in [-0.2, 0) is 6.54 Å². The summed E-state index contributed by atoms with van der Waals surface area (Å²) in [6, 6.07) is 13.2. The fourth-order valence-corrected chi connectivity index (χ4v) is 2.19. The number of pyridine rings is 1. The number of carbonyl (C=O) groups is 1. The molecule has 0 aliphatic rings. The highest BCUT2D eigenvalue weighted by Crippen LogP contribution is 2.14. The second kappa shape index (κ2) is 6.39. The zero-order chi connectivity index (χ0) is 15.4. The van der Waals surface area contributed by atoms with E-state index in [1.165, 1.54) is 0 Å². The van der Waals surface area contributed by atoms with Gasteiger partial charge in [0.1, 0.15) is 5.69 Å². The van der Waals surface area contributed by atoms with Gasteiger partial charge < -0.3 is 10.6 Å². The van der Waals surface area contributed by atoms with Crippen LogP contribution < -0.4 is 5.73 Å². The summed E-state index contributed by atoms with van der Waals surface area (Å²) in [5.41, 5.74) is 8.85. The van der Waals surface area contributed by atoms with E-state index in [4.69, 9.17) is 5.73 Å². The number of hydrogen-bond acceptors (Lipinski definition) is 3. The van der Waals surface area contributed by atoms with Gasteiger partial charge in [-0.3, -0.25) is 4.79 Å². The number of nitrogens with two attached hydrogens (primary N) is 1. The molecule has 2 rings (SSSR count). The Morgan fingerprint density at radius 2 is 1.95 bits per heavy atom. The molecule has 0 aliphatic carbocycles. The number of anilines is 1. The summed E-state index contributed by atoms with van der Waals surface area (Å²) in [4.78, 5) is 18.8. The monoisotopic (exact) mass is 283 g/mol. The molecule has 0 spiro atoms. The van der Waals surface area contributed by atoms with Gasteiger partial charge in [-0.2, -0.15) is 0 Å². The molecule has 1 heterocycles. The van der Waals surface area contributed by atoms with Crippen LogP contribution in [0.25, 0.3) is 0 Å². The summed E-state index contributed by atoms with van der Waals surface area (Å²) in [7, 11) is 0. The van der Waals surface area contributed by atoms with Crippen molar-refractivity contribution in [1.29, 1.82) is 0 Å². The first-order valence-electron chi connectivity index (χ1n) is 7.06. The average Bonchev–Trinajstić information content (AvgIpc) is 2.44. The smallest absolute Gasteiger partial charge is 0.272 e. The van der Waals surface area contributed by atoms with Crippen molar-refractivity contribution in [3.8, 4) is 0 Å². The Morgan fingerprint density at radius 3 is 2.57 bits per heavy atom. The number of hydrogen-bond donors (Lipinski definition) is 1. The molecule has 1 amide bonds. The second-order valence-electron chi connectivity index (χ2n) is 5.44. The Labute approximate surface area is 125 Å². The predicted octanol–water partition coefficient (Wildman–Crippen LogP) is 3.02. The van der Waals surface area contributed by atoms with Crippen molar-refractivity contribution in [2.75, 3.05) is 5.73 Å². The SMILES string of the molecule is Cc1cccc(C(=O)N(Cc2cccc(N)c2)C(C)C)n1.